The summed E-state index contributed by atoms with van der Waals surface area (Å²) in [7, 11) is 0. The van der Waals surface area contributed by atoms with Gasteiger partial charge < -0.3 is 5.32 Å². The van der Waals surface area contributed by atoms with Crippen LogP contribution in [0.3, 0.4) is 0 Å². The van der Waals surface area contributed by atoms with Gasteiger partial charge in [-0.1, -0.05) is 29.3 Å². The third-order valence-electron chi connectivity index (χ3n) is 3.91. The minimum Gasteiger partial charge on any atom is -0.320 e. The number of aryl methyl sites for hydroxylation is 3. The van der Waals surface area contributed by atoms with Crippen molar-refractivity contribution in [2.24, 2.45) is 0 Å². The van der Waals surface area contributed by atoms with E-state index in [9.17, 15) is 4.79 Å². The second kappa shape index (κ2) is 6.98. The number of nitrogens with zero attached hydrogens (tertiary/aromatic N) is 4. The molecule has 0 saturated carbocycles. The number of aromatic nitrogens is 3. The van der Waals surface area contributed by atoms with Crippen LogP contribution in [-0.4, -0.2) is 20.9 Å². The fraction of sp³-hybridized carbons (Fsp3) is 0.158. The summed E-state index contributed by atoms with van der Waals surface area (Å²) in [6.07, 6.45) is 0. The van der Waals surface area contributed by atoms with Crippen molar-refractivity contribution in [2.75, 3.05) is 5.32 Å². The highest BCUT2D eigenvalue weighted by Crippen LogP contribution is 2.21. The zero-order valence-electron chi connectivity index (χ0n) is 14.5. The number of carbonyl (C=O) groups is 1. The summed E-state index contributed by atoms with van der Waals surface area (Å²) >= 11 is 6.00. The summed E-state index contributed by atoms with van der Waals surface area (Å²) in [6, 6.07) is 12.6. The van der Waals surface area contributed by atoms with E-state index >= 15 is 0 Å². The number of hydrogen-bond donors (Lipinski definition) is 1. The van der Waals surface area contributed by atoms with Crippen LogP contribution in [0.25, 0.3) is 5.69 Å². The first-order valence-electron chi connectivity index (χ1n) is 7.91. The number of benzene rings is 2. The van der Waals surface area contributed by atoms with E-state index in [1.54, 1.807) is 19.1 Å². The molecule has 1 heterocycles. The van der Waals surface area contributed by atoms with Crippen molar-refractivity contribution in [3.05, 3.63) is 69.5 Å². The molecule has 0 aliphatic rings. The van der Waals surface area contributed by atoms with Crippen molar-refractivity contribution in [3.63, 3.8) is 0 Å². The molecule has 0 radical (unpaired) electrons. The molecule has 3 aromatic rings. The number of hydrogen-bond acceptors (Lipinski definition) is 4. The minimum atomic E-state index is -0.390. The number of amides is 1. The molecule has 0 bridgehead atoms. The summed E-state index contributed by atoms with van der Waals surface area (Å²) in [6.45, 7) is 5.72. The van der Waals surface area contributed by atoms with E-state index < -0.39 is 0 Å². The van der Waals surface area contributed by atoms with E-state index in [0.29, 0.717) is 16.9 Å². The van der Waals surface area contributed by atoms with Crippen LogP contribution in [0, 0.1) is 32.1 Å². The van der Waals surface area contributed by atoms with E-state index in [1.165, 1.54) is 10.9 Å². The lowest BCUT2D eigenvalue weighted by molar-refractivity contribution is 0.102. The predicted molar refractivity (Wildman–Crippen MR) is 99.7 cm³/mol. The molecule has 26 heavy (non-hydrogen) atoms. The maximum absolute atomic E-state index is 12.5. The molecule has 0 saturated heterocycles. The Hall–Kier alpha value is -3.17. The molecule has 1 N–H and O–H groups in total. The van der Waals surface area contributed by atoms with Gasteiger partial charge in [0.1, 0.15) is 6.07 Å². The van der Waals surface area contributed by atoms with E-state index in [1.807, 2.05) is 38.1 Å². The molecule has 2 aromatic carbocycles. The zero-order valence-corrected chi connectivity index (χ0v) is 15.3. The number of halogens is 1. The summed E-state index contributed by atoms with van der Waals surface area (Å²) in [4.78, 5) is 14.0. The highest BCUT2D eigenvalue weighted by Gasteiger charge is 2.17. The average Bonchev–Trinajstić information content (AvgIpc) is 2.96. The van der Waals surface area contributed by atoms with Crippen LogP contribution in [0.1, 0.15) is 32.9 Å². The Bertz CT molecular complexity index is 1050. The monoisotopic (exact) mass is 365 g/mol. The van der Waals surface area contributed by atoms with Crippen LogP contribution >= 0.6 is 11.6 Å². The second-order valence-corrected chi connectivity index (χ2v) is 6.38. The van der Waals surface area contributed by atoms with Crippen molar-refractivity contribution in [2.45, 2.75) is 20.8 Å². The van der Waals surface area contributed by atoms with Crippen molar-refractivity contribution >= 4 is 23.2 Å². The highest BCUT2D eigenvalue weighted by atomic mass is 35.5. The number of rotatable bonds is 3. The summed E-state index contributed by atoms with van der Waals surface area (Å²) < 4.78 is 0. The lowest BCUT2D eigenvalue weighted by atomic mass is 10.1. The van der Waals surface area contributed by atoms with E-state index in [0.717, 1.165) is 16.8 Å². The average molecular weight is 366 g/mol. The maximum atomic E-state index is 12.5. The third kappa shape index (κ3) is 3.44. The Labute approximate surface area is 156 Å². The largest absolute Gasteiger partial charge is 0.320 e. The normalized spacial score (nSPS) is 10.4. The van der Waals surface area contributed by atoms with Crippen LogP contribution in [0.15, 0.2) is 36.4 Å². The van der Waals surface area contributed by atoms with Gasteiger partial charge in [0.15, 0.2) is 5.69 Å². The summed E-state index contributed by atoms with van der Waals surface area (Å²) in [5, 5.41) is 20.6. The quantitative estimate of drug-likeness (QED) is 0.761. The van der Waals surface area contributed by atoms with Crippen LogP contribution < -0.4 is 5.32 Å². The first-order chi connectivity index (χ1) is 12.4. The Kier molecular flexibility index (Phi) is 4.74. The van der Waals surface area contributed by atoms with Gasteiger partial charge in [0.05, 0.1) is 22.0 Å². The van der Waals surface area contributed by atoms with E-state index in [4.69, 9.17) is 16.9 Å². The Balaban J connectivity index is 1.88. The molecular formula is C19H16ClN5O. The molecule has 0 aliphatic heterocycles. The minimum absolute atomic E-state index is 0.227. The summed E-state index contributed by atoms with van der Waals surface area (Å²) in [5.74, 6) is -0.390. The smallest absolute Gasteiger partial charge is 0.278 e. The molecular weight excluding hydrogens is 350 g/mol. The Morgan fingerprint density at radius 1 is 1.15 bits per heavy atom. The molecule has 6 nitrogen and oxygen atoms in total. The zero-order chi connectivity index (χ0) is 18.8. The molecule has 7 heteroatoms. The molecule has 0 fully saturated rings. The molecule has 1 amide bonds. The van der Waals surface area contributed by atoms with Crippen LogP contribution in [0.2, 0.25) is 5.02 Å². The number of anilines is 1. The SMILES string of the molecule is Cc1ccc(-n2nc(C)c(C(=O)Nc3ccc(C#N)c(Cl)c3)n2)c(C)c1. The van der Waals surface area contributed by atoms with Gasteiger partial charge >= 0.3 is 0 Å². The molecule has 130 valence electrons. The molecule has 1 aromatic heterocycles. The first kappa shape index (κ1) is 17.6. The standard InChI is InChI=1S/C19H16ClN5O/c1-11-4-7-17(12(2)8-11)25-23-13(3)18(24-25)19(26)22-15-6-5-14(10-21)16(20)9-15/h4-9H,1-3H3,(H,22,26). The van der Waals surface area contributed by atoms with Crippen molar-refractivity contribution in [1.29, 1.82) is 5.26 Å². The van der Waals surface area contributed by atoms with Gasteiger partial charge in [-0.2, -0.15) is 15.2 Å². The van der Waals surface area contributed by atoms with Crippen molar-refractivity contribution < 1.29 is 4.79 Å². The van der Waals surface area contributed by atoms with Crippen LogP contribution in [0.5, 0.6) is 0 Å². The lowest BCUT2D eigenvalue weighted by Crippen LogP contribution is -2.14. The predicted octanol–water partition coefficient (Wildman–Crippen LogP) is 3.97. The first-order valence-corrected chi connectivity index (χ1v) is 8.29. The maximum Gasteiger partial charge on any atom is 0.278 e. The van der Waals surface area contributed by atoms with Gasteiger partial charge in [0.25, 0.3) is 5.91 Å². The van der Waals surface area contributed by atoms with Gasteiger partial charge in [-0.25, -0.2) is 0 Å². The third-order valence-corrected chi connectivity index (χ3v) is 4.23. The molecule has 0 spiro atoms. The van der Waals surface area contributed by atoms with Crippen LogP contribution in [-0.2, 0) is 0 Å². The molecule has 0 unspecified atom stereocenters. The van der Waals surface area contributed by atoms with Gasteiger partial charge in [0.2, 0.25) is 0 Å². The lowest BCUT2D eigenvalue weighted by Gasteiger charge is -2.05. The second-order valence-electron chi connectivity index (χ2n) is 5.97. The Morgan fingerprint density at radius 3 is 2.58 bits per heavy atom. The Morgan fingerprint density at radius 2 is 1.92 bits per heavy atom. The van der Waals surface area contributed by atoms with Crippen molar-refractivity contribution in [3.8, 4) is 11.8 Å². The summed E-state index contributed by atoms with van der Waals surface area (Å²) in [5.41, 5.74) is 4.56. The van der Waals surface area contributed by atoms with E-state index in [-0.39, 0.29) is 16.6 Å². The van der Waals surface area contributed by atoms with Gasteiger partial charge in [-0.05, 0) is 50.6 Å². The van der Waals surface area contributed by atoms with Gasteiger partial charge in [-0.3, -0.25) is 4.79 Å². The molecule has 3 rings (SSSR count). The number of carbonyl (C=O) groups excluding carboxylic acids is 1. The highest BCUT2D eigenvalue weighted by molar-refractivity contribution is 6.32. The fourth-order valence-electron chi connectivity index (χ4n) is 2.60. The van der Waals surface area contributed by atoms with Crippen molar-refractivity contribution in [1.82, 2.24) is 15.0 Å². The van der Waals surface area contributed by atoms with Crippen LogP contribution in [0.4, 0.5) is 5.69 Å². The number of nitriles is 1. The molecule has 0 atom stereocenters. The van der Waals surface area contributed by atoms with E-state index in [2.05, 4.69) is 15.5 Å². The van der Waals surface area contributed by atoms with Gasteiger partial charge in [0, 0.05) is 5.69 Å². The topological polar surface area (TPSA) is 83.6 Å². The number of nitrogens with one attached hydrogen (secondary N) is 1. The van der Waals surface area contributed by atoms with Gasteiger partial charge in [-0.15, -0.1) is 5.10 Å². The molecule has 0 aliphatic carbocycles. The fourth-order valence-corrected chi connectivity index (χ4v) is 2.82.